The number of halogens is 1. The van der Waals surface area contributed by atoms with Gasteiger partial charge in [-0.2, -0.15) is 0 Å². The Morgan fingerprint density at radius 2 is 2.11 bits per heavy atom. The van der Waals surface area contributed by atoms with Gasteiger partial charge in [0.1, 0.15) is 0 Å². The maximum Gasteiger partial charge on any atom is 0.312 e. The zero-order chi connectivity index (χ0) is 14.3. The Morgan fingerprint density at radius 3 is 2.50 bits per heavy atom. The third-order valence-electron chi connectivity index (χ3n) is 1.92. The Morgan fingerprint density at radius 1 is 1.56 bits per heavy atom. The number of hydrogen-bond acceptors (Lipinski definition) is 6. The highest BCUT2D eigenvalue weighted by Gasteiger charge is 2.19. The van der Waals surface area contributed by atoms with Crippen LogP contribution in [0.15, 0.2) is 24.9 Å². The minimum Gasteiger partial charge on any atom is -0.490 e. The van der Waals surface area contributed by atoms with Crippen molar-refractivity contribution in [3.05, 3.63) is 40.0 Å². The van der Waals surface area contributed by atoms with Gasteiger partial charge in [0, 0.05) is 18.3 Å². The maximum absolute atomic E-state index is 10.7. The van der Waals surface area contributed by atoms with Crippen LogP contribution in [0.1, 0.15) is 0 Å². The summed E-state index contributed by atoms with van der Waals surface area (Å²) < 4.78 is 4.88. The molecule has 0 saturated carbocycles. The molecule has 1 aromatic carbocycles. The molecule has 0 fully saturated rings. The molecule has 0 aliphatic heterocycles. The topological polar surface area (TPSA) is 108 Å². The number of rotatable bonds is 4. The van der Waals surface area contributed by atoms with Crippen LogP contribution in [0.25, 0.3) is 0 Å². The van der Waals surface area contributed by atoms with Crippen molar-refractivity contribution < 1.29 is 9.66 Å². The van der Waals surface area contributed by atoms with Crippen molar-refractivity contribution in [3.63, 3.8) is 0 Å². The molecule has 18 heavy (non-hydrogen) atoms. The third kappa shape index (κ3) is 3.59. The minimum absolute atomic E-state index is 0.0849. The van der Waals surface area contributed by atoms with Gasteiger partial charge >= 0.3 is 5.69 Å². The van der Waals surface area contributed by atoms with Crippen LogP contribution in [0.3, 0.4) is 0 Å². The smallest absolute Gasteiger partial charge is 0.312 e. The van der Waals surface area contributed by atoms with Crippen LogP contribution >= 0.6 is 11.6 Å². The van der Waals surface area contributed by atoms with Gasteiger partial charge in [-0.05, 0) is 7.05 Å². The fourth-order valence-corrected chi connectivity index (χ4v) is 1.39. The second kappa shape index (κ2) is 7.49. The van der Waals surface area contributed by atoms with Crippen LogP contribution in [0.2, 0.25) is 5.02 Å². The fraction of sp³-hybridized carbons (Fsp3) is 0.200. The Bertz CT molecular complexity index is 439. The molecule has 0 aliphatic rings. The Hall–Kier alpha value is -1.83. The summed E-state index contributed by atoms with van der Waals surface area (Å²) in [5, 5.41) is 12.0. The summed E-state index contributed by atoms with van der Waals surface area (Å²) in [6, 6.07) is 2.56. The van der Waals surface area contributed by atoms with Crippen LogP contribution in [-0.4, -0.2) is 19.1 Å². The summed E-state index contributed by atoms with van der Waals surface area (Å²) in [6.07, 6.45) is 1.33. The largest absolute Gasteiger partial charge is 0.490 e. The number of nitrogens with two attached hydrogens (primary N) is 2. The third-order valence-corrected chi connectivity index (χ3v) is 2.22. The lowest BCUT2D eigenvalue weighted by atomic mass is 10.2. The van der Waals surface area contributed by atoms with E-state index in [0.717, 1.165) is 5.01 Å². The number of nitrogens with zero attached hydrogens (tertiary/aromatic N) is 2. The number of anilines is 1. The fourth-order valence-electron chi connectivity index (χ4n) is 1.13. The highest BCUT2D eigenvalue weighted by atomic mass is 35.5. The predicted octanol–water partition coefficient (Wildman–Crippen LogP) is 1.66. The quantitative estimate of drug-likeness (QED) is 0.491. The Kier molecular flexibility index (Phi) is 6.73. The van der Waals surface area contributed by atoms with Crippen LogP contribution in [0, 0.1) is 10.1 Å². The van der Waals surface area contributed by atoms with E-state index >= 15 is 0 Å². The van der Waals surface area contributed by atoms with Crippen molar-refractivity contribution in [2.45, 2.75) is 0 Å². The highest BCUT2D eigenvalue weighted by Crippen LogP contribution is 2.36. The van der Waals surface area contributed by atoms with Crippen molar-refractivity contribution in [2.24, 2.45) is 11.6 Å². The van der Waals surface area contributed by atoms with E-state index in [9.17, 15) is 10.1 Å². The van der Waals surface area contributed by atoms with Gasteiger partial charge < -0.3 is 10.5 Å². The van der Waals surface area contributed by atoms with Gasteiger partial charge in [0.25, 0.3) is 0 Å². The second-order valence-electron chi connectivity index (χ2n) is 2.82. The lowest BCUT2D eigenvalue weighted by molar-refractivity contribution is -0.385. The number of hydrogen-bond donors (Lipinski definition) is 2. The van der Waals surface area contributed by atoms with E-state index in [4.69, 9.17) is 22.2 Å². The lowest BCUT2D eigenvalue weighted by Gasteiger charge is -2.15. The van der Waals surface area contributed by atoms with E-state index in [-0.39, 0.29) is 16.5 Å². The number of nitro groups is 1. The van der Waals surface area contributed by atoms with Gasteiger partial charge in [-0.1, -0.05) is 18.2 Å². The number of hydrazine groups is 1. The molecule has 0 aliphatic carbocycles. The molecule has 0 saturated heterocycles. The van der Waals surface area contributed by atoms with Crippen LogP contribution in [-0.2, 0) is 0 Å². The molecular weight excluding hydrogens is 260 g/mol. The molecular formula is C10H15ClN4O3. The summed E-state index contributed by atoms with van der Waals surface area (Å²) in [7, 11) is 2.83. The van der Waals surface area contributed by atoms with E-state index in [2.05, 4.69) is 12.3 Å². The first-order valence-corrected chi connectivity index (χ1v) is 5.15. The van der Waals surface area contributed by atoms with Crippen LogP contribution < -0.4 is 21.3 Å². The van der Waals surface area contributed by atoms with E-state index in [1.54, 1.807) is 0 Å². The molecule has 0 amide bonds. The van der Waals surface area contributed by atoms with Gasteiger partial charge in [-0.3, -0.25) is 15.1 Å². The average Bonchev–Trinajstić information content (AvgIpc) is 2.39. The van der Waals surface area contributed by atoms with Gasteiger partial charge in [-0.25, -0.2) is 5.84 Å². The summed E-state index contributed by atoms with van der Waals surface area (Å²) in [6.45, 7) is 3.46. The van der Waals surface area contributed by atoms with Crippen molar-refractivity contribution in [2.75, 3.05) is 19.2 Å². The Balaban J connectivity index is 0.00000137. The SMILES string of the molecule is C=CN(N)c1cc(OC)c([N+](=O)[O-])cc1Cl.CN. The van der Waals surface area contributed by atoms with Crippen LogP contribution in [0.4, 0.5) is 11.4 Å². The zero-order valence-corrected chi connectivity index (χ0v) is 10.8. The van der Waals surface area contributed by atoms with Crippen molar-refractivity contribution in [1.29, 1.82) is 0 Å². The summed E-state index contributed by atoms with van der Waals surface area (Å²) in [5.74, 6) is 5.64. The first-order chi connectivity index (χ1) is 8.51. The molecule has 4 N–H and O–H groups in total. The summed E-state index contributed by atoms with van der Waals surface area (Å²) in [4.78, 5) is 10.1. The molecule has 100 valence electrons. The molecule has 8 heteroatoms. The molecule has 0 atom stereocenters. The first-order valence-electron chi connectivity index (χ1n) is 4.77. The summed E-state index contributed by atoms with van der Waals surface area (Å²) >= 11 is 5.85. The molecule has 0 aromatic heterocycles. The average molecular weight is 275 g/mol. The van der Waals surface area contributed by atoms with Crippen molar-refractivity contribution >= 4 is 23.0 Å². The van der Waals surface area contributed by atoms with Gasteiger partial charge in [0.2, 0.25) is 0 Å². The number of nitro benzene ring substituents is 1. The lowest BCUT2D eigenvalue weighted by Crippen LogP contribution is -2.23. The molecule has 0 heterocycles. The van der Waals surface area contributed by atoms with E-state index in [1.807, 2.05) is 0 Å². The maximum atomic E-state index is 10.7. The number of ether oxygens (including phenoxy) is 1. The molecule has 7 nitrogen and oxygen atoms in total. The Labute approximate surface area is 110 Å². The zero-order valence-electron chi connectivity index (χ0n) is 10.1. The van der Waals surface area contributed by atoms with Crippen LogP contribution in [0.5, 0.6) is 5.75 Å². The molecule has 0 spiro atoms. The second-order valence-corrected chi connectivity index (χ2v) is 3.23. The molecule has 1 aromatic rings. The molecule has 1 rings (SSSR count). The molecule has 0 radical (unpaired) electrons. The monoisotopic (exact) mass is 274 g/mol. The predicted molar refractivity (Wildman–Crippen MR) is 71.6 cm³/mol. The van der Waals surface area contributed by atoms with Gasteiger partial charge in [0.05, 0.1) is 22.7 Å². The van der Waals surface area contributed by atoms with E-state index in [0.29, 0.717) is 5.69 Å². The highest BCUT2D eigenvalue weighted by molar-refractivity contribution is 6.33. The van der Waals surface area contributed by atoms with Crippen molar-refractivity contribution in [3.8, 4) is 5.75 Å². The summed E-state index contributed by atoms with van der Waals surface area (Å²) in [5.41, 5.74) is 4.66. The van der Waals surface area contributed by atoms with Gasteiger partial charge in [0.15, 0.2) is 5.75 Å². The van der Waals surface area contributed by atoms with Gasteiger partial charge in [-0.15, -0.1) is 0 Å². The standard InChI is InChI=1S/C9H10ClN3O3.CH5N/c1-3-12(11)7-5-9(16-2)8(13(14)15)4-6(7)10;1-2/h3-5H,1,11H2,2H3;2H2,1H3. The molecule has 0 unspecified atom stereocenters. The normalized spacial score (nSPS) is 8.94. The first kappa shape index (κ1) is 16.2. The van der Waals surface area contributed by atoms with E-state index in [1.165, 1.54) is 32.5 Å². The van der Waals surface area contributed by atoms with Crippen molar-refractivity contribution in [1.82, 2.24) is 0 Å². The number of methoxy groups -OCH3 is 1. The van der Waals surface area contributed by atoms with E-state index < -0.39 is 4.92 Å². The minimum atomic E-state index is -0.580. The molecule has 0 bridgehead atoms. The number of benzene rings is 1.